The Morgan fingerprint density at radius 2 is 1.77 bits per heavy atom. The second-order valence-corrected chi connectivity index (χ2v) is 8.69. The Morgan fingerprint density at radius 3 is 2.49 bits per heavy atom. The Bertz CT molecular complexity index is 1370. The van der Waals surface area contributed by atoms with Gasteiger partial charge in [0.2, 0.25) is 0 Å². The molecule has 4 N–H and O–H groups in total. The molecule has 0 aliphatic carbocycles. The fourth-order valence-corrected chi connectivity index (χ4v) is 3.88. The molecule has 178 valence electrons. The lowest BCUT2D eigenvalue weighted by Gasteiger charge is -2.18. The van der Waals surface area contributed by atoms with Crippen LogP contribution in [0.1, 0.15) is 50.6 Å². The average molecular weight is 509 g/mol. The third-order valence-corrected chi connectivity index (χ3v) is 6.22. The molecular formula is C26H22Cl2N4O3. The number of anilines is 2. The van der Waals surface area contributed by atoms with Gasteiger partial charge >= 0.3 is 0 Å². The maximum atomic E-state index is 12.8. The van der Waals surface area contributed by atoms with Crippen molar-refractivity contribution in [1.29, 1.82) is 0 Å². The minimum atomic E-state index is -0.932. The van der Waals surface area contributed by atoms with Crippen LogP contribution in [-0.4, -0.2) is 27.0 Å². The predicted molar refractivity (Wildman–Crippen MR) is 137 cm³/mol. The number of rotatable bonds is 8. The van der Waals surface area contributed by atoms with Gasteiger partial charge in [-0.05, 0) is 55.0 Å². The molecule has 35 heavy (non-hydrogen) atoms. The highest BCUT2D eigenvalue weighted by Gasteiger charge is 2.18. The highest BCUT2D eigenvalue weighted by Crippen LogP contribution is 2.32. The van der Waals surface area contributed by atoms with Gasteiger partial charge in [-0.15, -0.1) is 0 Å². The van der Waals surface area contributed by atoms with Gasteiger partial charge in [0.1, 0.15) is 11.8 Å². The van der Waals surface area contributed by atoms with Crippen LogP contribution >= 0.6 is 23.2 Å². The highest BCUT2D eigenvalue weighted by molar-refractivity contribution is 6.42. The molecule has 1 aromatic heterocycles. The van der Waals surface area contributed by atoms with Crippen LogP contribution in [0.4, 0.5) is 11.4 Å². The third-order valence-electron chi connectivity index (χ3n) is 5.48. The van der Waals surface area contributed by atoms with E-state index >= 15 is 0 Å². The quantitative estimate of drug-likeness (QED) is 0.223. The third kappa shape index (κ3) is 5.71. The van der Waals surface area contributed by atoms with E-state index in [0.717, 1.165) is 0 Å². The van der Waals surface area contributed by atoms with Crippen LogP contribution in [0.5, 0.6) is 0 Å². The Balaban J connectivity index is 1.48. The molecule has 0 bridgehead atoms. The molecule has 1 heterocycles. The SMILES string of the molecule is CC(=O)c1ccc(NC(=O)c2[nH]ncc2CNc2ccccc2C(O)c2ccc(Cl)c(Cl)c2)cc1. The first-order valence-corrected chi connectivity index (χ1v) is 11.5. The second-order valence-electron chi connectivity index (χ2n) is 7.87. The number of hydrogen-bond acceptors (Lipinski definition) is 5. The molecule has 7 nitrogen and oxygen atoms in total. The molecule has 0 aliphatic heterocycles. The summed E-state index contributed by atoms with van der Waals surface area (Å²) in [6, 6.07) is 19.0. The summed E-state index contributed by atoms with van der Waals surface area (Å²) in [4.78, 5) is 24.2. The van der Waals surface area contributed by atoms with E-state index in [1.807, 2.05) is 24.3 Å². The lowest BCUT2D eigenvalue weighted by Crippen LogP contribution is -2.16. The van der Waals surface area contributed by atoms with Crippen LogP contribution in [0.15, 0.2) is 72.9 Å². The van der Waals surface area contributed by atoms with Gasteiger partial charge in [0, 0.05) is 34.6 Å². The van der Waals surface area contributed by atoms with Crippen molar-refractivity contribution < 1.29 is 14.7 Å². The molecule has 0 fully saturated rings. The second kappa shape index (κ2) is 10.7. The number of nitrogens with zero attached hydrogens (tertiary/aromatic N) is 1. The number of carbonyl (C=O) groups is 2. The zero-order valence-corrected chi connectivity index (χ0v) is 20.2. The number of aliphatic hydroxyl groups excluding tert-OH is 1. The van der Waals surface area contributed by atoms with Crippen molar-refractivity contribution in [2.45, 2.75) is 19.6 Å². The van der Waals surface area contributed by atoms with Gasteiger partial charge in [-0.25, -0.2) is 0 Å². The van der Waals surface area contributed by atoms with Gasteiger partial charge in [-0.3, -0.25) is 14.7 Å². The first-order valence-electron chi connectivity index (χ1n) is 10.7. The van der Waals surface area contributed by atoms with E-state index in [1.165, 1.54) is 6.92 Å². The average Bonchev–Trinajstić information content (AvgIpc) is 3.33. The summed E-state index contributed by atoms with van der Waals surface area (Å²) in [6.07, 6.45) is 0.636. The standard InChI is InChI=1S/C26H22Cl2N4O3/c1-15(33)16-6-9-19(10-7-16)31-26(35)24-18(14-30-32-24)13-29-23-5-3-2-4-20(23)25(34)17-8-11-21(27)22(28)12-17/h2-12,14,25,29,34H,13H2,1H3,(H,30,32)(H,31,35). The van der Waals surface area contributed by atoms with Crippen LogP contribution in [0, 0.1) is 0 Å². The number of Topliss-reactive ketones (excluding diaryl/α,β-unsaturated/α-hetero) is 1. The van der Waals surface area contributed by atoms with E-state index in [4.69, 9.17) is 23.2 Å². The molecule has 1 unspecified atom stereocenters. The summed E-state index contributed by atoms with van der Waals surface area (Å²) < 4.78 is 0. The first-order chi connectivity index (χ1) is 16.8. The molecular weight excluding hydrogens is 487 g/mol. The summed E-state index contributed by atoms with van der Waals surface area (Å²) in [5.41, 5.74) is 4.01. The Labute approximate surface area is 212 Å². The summed E-state index contributed by atoms with van der Waals surface area (Å²) in [5, 5.41) is 24.5. The number of halogens is 2. The van der Waals surface area contributed by atoms with Gasteiger partial charge in [0.25, 0.3) is 5.91 Å². The predicted octanol–water partition coefficient (Wildman–Crippen LogP) is 5.87. The van der Waals surface area contributed by atoms with E-state index in [0.29, 0.717) is 49.4 Å². The van der Waals surface area contributed by atoms with Gasteiger partial charge in [-0.2, -0.15) is 5.10 Å². The van der Waals surface area contributed by atoms with E-state index < -0.39 is 6.10 Å². The largest absolute Gasteiger partial charge is 0.384 e. The smallest absolute Gasteiger partial charge is 0.274 e. The normalized spacial score (nSPS) is 11.7. The van der Waals surface area contributed by atoms with Crippen molar-refractivity contribution in [1.82, 2.24) is 10.2 Å². The number of ketones is 1. The summed E-state index contributed by atoms with van der Waals surface area (Å²) in [7, 11) is 0. The molecule has 3 aromatic carbocycles. The van der Waals surface area contributed by atoms with Gasteiger partial charge in [0.05, 0.1) is 16.2 Å². The molecule has 1 atom stereocenters. The molecule has 4 aromatic rings. The zero-order chi connectivity index (χ0) is 24.9. The zero-order valence-electron chi connectivity index (χ0n) is 18.7. The molecule has 0 saturated heterocycles. The van der Waals surface area contributed by atoms with Crippen molar-refractivity contribution in [3.8, 4) is 0 Å². The Kier molecular flexibility index (Phi) is 7.51. The van der Waals surface area contributed by atoms with E-state index in [2.05, 4.69) is 20.8 Å². The van der Waals surface area contributed by atoms with E-state index in [-0.39, 0.29) is 18.2 Å². The van der Waals surface area contributed by atoms with Gasteiger partial charge < -0.3 is 15.7 Å². The topological polar surface area (TPSA) is 107 Å². The van der Waals surface area contributed by atoms with Crippen LogP contribution < -0.4 is 10.6 Å². The molecule has 0 aliphatic rings. The minimum Gasteiger partial charge on any atom is -0.384 e. The van der Waals surface area contributed by atoms with E-state index in [9.17, 15) is 14.7 Å². The van der Waals surface area contributed by atoms with Crippen LogP contribution in [-0.2, 0) is 6.54 Å². The summed E-state index contributed by atoms with van der Waals surface area (Å²) in [5.74, 6) is -0.409. The van der Waals surface area contributed by atoms with Crippen molar-refractivity contribution in [3.05, 3.63) is 111 Å². The minimum absolute atomic E-state index is 0.0469. The summed E-state index contributed by atoms with van der Waals surface area (Å²) >= 11 is 12.1. The fraction of sp³-hybridized carbons (Fsp3) is 0.115. The van der Waals surface area contributed by atoms with Gasteiger partial charge in [-0.1, -0.05) is 47.5 Å². The number of aromatic nitrogens is 2. The number of aliphatic hydroxyl groups is 1. The Morgan fingerprint density at radius 1 is 1.03 bits per heavy atom. The molecule has 1 amide bonds. The first kappa shape index (κ1) is 24.5. The lowest BCUT2D eigenvalue weighted by atomic mass is 9.99. The van der Waals surface area contributed by atoms with Crippen molar-refractivity contribution in [2.75, 3.05) is 10.6 Å². The van der Waals surface area contributed by atoms with Gasteiger partial charge in [0.15, 0.2) is 5.78 Å². The Hall–Kier alpha value is -3.65. The number of benzene rings is 3. The number of para-hydroxylation sites is 1. The van der Waals surface area contributed by atoms with Crippen molar-refractivity contribution >= 4 is 46.3 Å². The number of carbonyl (C=O) groups excluding carboxylic acids is 2. The van der Waals surface area contributed by atoms with Crippen molar-refractivity contribution in [2.24, 2.45) is 0 Å². The number of hydrogen-bond donors (Lipinski definition) is 4. The number of nitrogens with one attached hydrogen (secondary N) is 3. The highest BCUT2D eigenvalue weighted by atomic mass is 35.5. The molecule has 0 radical (unpaired) electrons. The molecule has 4 rings (SSSR count). The van der Waals surface area contributed by atoms with Crippen LogP contribution in [0.25, 0.3) is 0 Å². The van der Waals surface area contributed by atoms with Crippen LogP contribution in [0.2, 0.25) is 10.0 Å². The maximum Gasteiger partial charge on any atom is 0.274 e. The number of H-pyrrole nitrogens is 1. The molecule has 0 saturated carbocycles. The van der Waals surface area contributed by atoms with E-state index in [1.54, 1.807) is 48.7 Å². The van der Waals surface area contributed by atoms with Crippen molar-refractivity contribution in [3.63, 3.8) is 0 Å². The lowest BCUT2D eigenvalue weighted by molar-refractivity contribution is 0.101. The van der Waals surface area contributed by atoms with Crippen LogP contribution in [0.3, 0.4) is 0 Å². The maximum absolute atomic E-state index is 12.8. The number of aromatic amines is 1. The monoisotopic (exact) mass is 508 g/mol. The fourth-order valence-electron chi connectivity index (χ4n) is 3.57. The number of amides is 1. The molecule has 9 heteroatoms. The molecule has 0 spiro atoms. The summed E-state index contributed by atoms with van der Waals surface area (Å²) in [6.45, 7) is 1.77.